The zero-order chi connectivity index (χ0) is 25.8. The summed E-state index contributed by atoms with van der Waals surface area (Å²) in [6, 6.07) is 14.6. The third-order valence-electron chi connectivity index (χ3n) is 7.50. The Labute approximate surface area is 211 Å². The molecule has 188 valence electrons. The van der Waals surface area contributed by atoms with Crippen LogP contribution in [0.3, 0.4) is 0 Å². The molecule has 1 aliphatic carbocycles. The predicted octanol–water partition coefficient (Wildman–Crippen LogP) is 8.22. The lowest BCUT2D eigenvalue weighted by Crippen LogP contribution is -2.58. The maximum absolute atomic E-state index is 13.5. The Morgan fingerprint density at radius 3 is 2.20 bits per heavy atom. The van der Waals surface area contributed by atoms with Gasteiger partial charge in [0.2, 0.25) is 0 Å². The smallest absolute Gasteiger partial charge is 0.150 e. The van der Waals surface area contributed by atoms with E-state index in [1.165, 1.54) is 17.7 Å². The van der Waals surface area contributed by atoms with Crippen molar-refractivity contribution in [2.75, 3.05) is 0 Å². The van der Waals surface area contributed by atoms with Gasteiger partial charge in [-0.1, -0.05) is 77.6 Å². The van der Waals surface area contributed by atoms with Crippen LogP contribution in [0, 0.1) is 23.1 Å². The van der Waals surface area contributed by atoms with Crippen LogP contribution >= 0.6 is 0 Å². The van der Waals surface area contributed by atoms with Crippen molar-refractivity contribution < 1.29 is 9.18 Å². The average Bonchev–Trinajstić information content (AvgIpc) is 2.78. The number of rotatable bonds is 10. The van der Waals surface area contributed by atoms with Crippen LogP contribution in [0.25, 0.3) is 0 Å². The summed E-state index contributed by atoms with van der Waals surface area (Å²) < 4.78 is 13.5. The van der Waals surface area contributed by atoms with Crippen molar-refractivity contribution in [3.63, 3.8) is 0 Å². The molecule has 3 rings (SSSR count). The van der Waals surface area contributed by atoms with Crippen molar-refractivity contribution >= 4 is 12.0 Å². The predicted molar refractivity (Wildman–Crippen MR) is 144 cm³/mol. The molecule has 35 heavy (non-hydrogen) atoms. The highest BCUT2D eigenvalue weighted by atomic mass is 19.1. The quantitative estimate of drug-likeness (QED) is 0.256. The molecule has 0 amide bonds. The minimum atomic E-state index is -0.414. The van der Waals surface area contributed by atoms with E-state index in [0.29, 0.717) is 17.4 Å². The van der Waals surface area contributed by atoms with Gasteiger partial charge < -0.3 is 4.90 Å². The van der Waals surface area contributed by atoms with Crippen LogP contribution in [0.15, 0.2) is 66.3 Å². The molecule has 1 atom stereocenters. The van der Waals surface area contributed by atoms with Crippen LogP contribution in [-0.4, -0.2) is 22.6 Å². The van der Waals surface area contributed by atoms with Gasteiger partial charge in [-0.05, 0) is 79.3 Å². The Morgan fingerprint density at radius 1 is 1.11 bits per heavy atom. The summed E-state index contributed by atoms with van der Waals surface area (Å²) in [5.74, 6) is 0.869. The first-order valence-electron chi connectivity index (χ1n) is 12.8. The van der Waals surface area contributed by atoms with E-state index in [0.717, 1.165) is 43.2 Å². The molecule has 2 aromatic carbocycles. The van der Waals surface area contributed by atoms with Crippen molar-refractivity contribution in [3.05, 3.63) is 83.8 Å². The number of aliphatic imine (C=N–C) groups is 1. The second-order valence-electron chi connectivity index (χ2n) is 11.5. The number of benzene rings is 2. The van der Waals surface area contributed by atoms with Gasteiger partial charge in [-0.2, -0.15) is 0 Å². The fourth-order valence-electron chi connectivity index (χ4n) is 5.11. The molecule has 0 aromatic heterocycles. The number of carbonyl (C=O) groups is 1. The first-order chi connectivity index (χ1) is 16.5. The standard InChI is InChI=1S/C31H41FN2O/c1-8-34(29(18-9-22(2)3)26-12-10-24(21-35)11-13-26)31(19-27(20-31)30(5,6)7)33-23(4)25-14-16-28(32)17-15-25/h8,10-17,21-22,27,29H,1,9,18-20H2,2-7H3/b33-23+. The van der Waals surface area contributed by atoms with Crippen LogP contribution in [0.1, 0.15) is 94.8 Å². The van der Waals surface area contributed by atoms with E-state index < -0.39 is 5.66 Å². The molecule has 1 saturated carbocycles. The molecule has 1 aliphatic rings. The first-order valence-corrected chi connectivity index (χ1v) is 12.8. The van der Waals surface area contributed by atoms with Crippen LogP contribution in [0.5, 0.6) is 0 Å². The summed E-state index contributed by atoms with van der Waals surface area (Å²) in [5.41, 5.74) is 3.46. The zero-order valence-corrected chi connectivity index (χ0v) is 22.2. The molecule has 0 bridgehead atoms. The lowest BCUT2D eigenvalue weighted by atomic mass is 9.61. The fraction of sp³-hybridized carbons (Fsp3) is 0.484. The molecular formula is C31H41FN2O. The number of aldehydes is 1. The van der Waals surface area contributed by atoms with Gasteiger partial charge in [-0.3, -0.25) is 9.79 Å². The van der Waals surface area contributed by atoms with Gasteiger partial charge >= 0.3 is 0 Å². The molecule has 0 aliphatic heterocycles. The topological polar surface area (TPSA) is 32.7 Å². The number of hydrogen-bond acceptors (Lipinski definition) is 3. The van der Waals surface area contributed by atoms with E-state index in [-0.39, 0.29) is 17.3 Å². The lowest BCUT2D eigenvalue weighted by molar-refractivity contribution is -0.0558. The maximum Gasteiger partial charge on any atom is 0.150 e. The Kier molecular flexibility index (Phi) is 8.35. The highest BCUT2D eigenvalue weighted by Crippen LogP contribution is 2.54. The molecule has 4 heteroatoms. The average molecular weight is 477 g/mol. The number of carbonyl (C=O) groups excluding carboxylic acids is 1. The minimum Gasteiger partial charge on any atom is -0.347 e. The third-order valence-corrected chi connectivity index (χ3v) is 7.50. The molecule has 0 spiro atoms. The van der Waals surface area contributed by atoms with Crippen molar-refractivity contribution in [1.82, 2.24) is 4.90 Å². The molecule has 0 radical (unpaired) electrons. The first kappa shape index (κ1) is 26.8. The van der Waals surface area contributed by atoms with Gasteiger partial charge in [-0.25, -0.2) is 4.39 Å². The Hall–Kier alpha value is -2.75. The van der Waals surface area contributed by atoms with E-state index in [9.17, 15) is 9.18 Å². The molecule has 3 nitrogen and oxygen atoms in total. The monoisotopic (exact) mass is 476 g/mol. The van der Waals surface area contributed by atoms with Crippen molar-refractivity contribution in [1.29, 1.82) is 0 Å². The van der Waals surface area contributed by atoms with E-state index in [1.54, 1.807) is 12.1 Å². The van der Waals surface area contributed by atoms with Gasteiger partial charge in [0.05, 0.1) is 6.04 Å². The summed E-state index contributed by atoms with van der Waals surface area (Å²) >= 11 is 0. The molecule has 2 aromatic rings. The SMILES string of the molecule is C=CN(C(CCC(C)C)c1ccc(C=O)cc1)C1(/N=C(\C)c2ccc(F)cc2)CC(C(C)(C)C)C1. The maximum atomic E-state index is 13.5. The minimum absolute atomic E-state index is 0.0984. The number of hydrogen-bond donors (Lipinski definition) is 0. The summed E-state index contributed by atoms with van der Waals surface area (Å²) in [4.78, 5) is 19.0. The third kappa shape index (κ3) is 6.28. The normalized spacial score (nSPS) is 21.4. The van der Waals surface area contributed by atoms with Gasteiger partial charge in [-0.15, -0.1) is 0 Å². The number of nitrogens with zero attached hydrogens (tertiary/aromatic N) is 2. The van der Waals surface area contributed by atoms with Gasteiger partial charge in [0, 0.05) is 11.3 Å². The van der Waals surface area contributed by atoms with Crippen molar-refractivity contribution in [2.45, 2.75) is 78.9 Å². The molecule has 0 heterocycles. The van der Waals surface area contributed by atoms with Gasteiger partial charge in [0.15, 0.2) is 0 Å². The molecule has 1 fully saturated rings. The second-order valence-corrected chi connectivity index (χ2v) is 11.5. The van der Waals surface area contributed by atoms with Crippen LogP contribution < -0.4 is 0 Å². The fourth-order valence-corrected chi connectivity index (χ4v) is 5.11. The second kappa shape index (κ2) is 10.9. The molecule has 0 saturated heterocycles. The lowest BCUT2D eigenvalue weighted by Gasteiger charge is -2.57. The highest BCUT2D eigenvalue weighted by molar-refractivity contribution is 5.99. The Bertz CT molecular complexity index is 1030. The van der Waals surface area contributed by atoms with Crippen molar-refractivity contribution in [3.8, 4) is 0 Å². The van der Waals surface area contributed by atoms with Crippen molar-refractivity contribution in [2.24, 2.45) is 22.2 Å². The van der Waals surface area contributed by atoms with Gasteiger partial charge in [0.25, 0.3) is 0 Å². The number of halogens is 1. The molecule has 0 N–H and O–H groups in total. The zero-order valence-electron chi connectivity index (χ0n) is 22.2. The summed E-state index contributed by atoms with van der Waals surface area (Å²) in [7, 11) is 0. The molecular weight excluding hydrogens is 435 g/mol. The van der Waals surface area contributed by atoms with E-state index >= 15 is 0 Å². The largest absolute Gasteiger partial charge is 0.347 e. The van der Waals surface area contributed by atoms with E-state index in [1.807, 2.05) is 25.3 Å². The Morgan fingerprint density at radius 2 is 1.71 bits per heavy atom. The van der Waals surface area contributed by atoms with Gasteiger partial charge in [0.1, 0.15) is 17.8 Å². The summed E-state index contributed by atoms with van der Waals surface area (Å²) in [5, 5.41) is 0. The molecule has 1 unspecified atom stereocenters. The van der Waals surface area contributed by atoms with Crippen LogP contribution in [-0.2, 0) is 0 Å². The van der Waals surface area contributed by atoms with Crippen LogP contribution in [0.2, 0.25) is 0 Å². The van der Waals surface area contributed by atoms with Crippen LogP contribution in [0.4, 0.5) is 4.39 Å². The highest BCUT2D eigenvalue weighted by Gasteiger charge is 2.53. The van der Waals surface area contributed by atoms with E-state index in [2.05, 4.69) is 58.2 Å². The van der Waals surface area contributed by atoms with E-state index in [4.69, 9.17) is 4.99 Å². The summed E-state index contributed by atoms with van der Waals surface area (Å²) in [6.45, 7) is 17.6. The Balaban J connectivity index is 2.06. The summed E-state index contributed by atoms with van der Waals surface area (Å²) in [6.07, 6.45) is 6.76.